The molecule has 0 aliphatic rings. The molecule has 0 saturated carbocycles. The Morgan fingerprint density at radius 3 is 1.54 bits per heavy atom. The predicted octanol–water partition coefficient (Wildman–Crippen LogP) is 9.90. The van der Waals surface area contributed by atoms with Gasteiger partial charge >= 0.3 is 42.0 Å². The molecule has 1 rings (SSSR count). The molecular weight excluding hydrogens is 584 g/mol. The Hall–Kier alpha value is -2.15. The van der Waals surface area contributed by atoms with E-state index in [4.69, 9.17) is 0 Å². The van der Waals surface area contributed by atoms with Crippen LogP contribution in [0.25, 0.3) is 0 Å². The molecular formula is C27H36F12O2. The summed E-state index contributed by atoms with van der Waals surface area (Å²) in [5.74, 6) is -36.7. The van der Waals surface area contributed by atoms with Crippen LogP contribution in [0, 0.1) is 5.41 Å². The van der Waals surface area contributed by atoms with Crippen molar-refractivity contribution in [3.63, 3.8) is 0 Å². The van der Waals surface area contributed by atoms with Crippen LogP contribution in [0.1, 0.15) is 85.3 Å². The van der Waals surface area contributed by atoms with E-state index in [-0.39, 0.29) is 11.8 Å². The summed E-state index contributed by atoms with van der Waals surface area (Å²) in [6, 6.07) is 9.08. The molecule has 0 amide bonds. The predicted molar refractivity (Wildman–Crippen MR) is 130 cm³/mol. The number of benzene rings is 1. The molecule has 1 unspecified atom stereocenters. The van der Waals surface area contributed by atoms with Crippen LogP contribution < -0.4 is 0 Å². The molecule has 0 N–H and O–H groups in total. The maximum Gasteiger partial charge on any atom is 0.384 e. The van der Waals surface area contributed by atoms with E-state index in [1.165, 1.54) is 24.5 Å². The van der Waals surface area contributed by atoms with Crippen LogP contribution in [0.15, 0.2) is 24.3 Å². The minimum absolute atomic E-state index is 0.0946. The average molecular weight is 621 g/mol. The molecule has 1 aromatic rings. The van der Waals surface area contributed by atoms with Crippen LogP contribution in [0.4, 0.5) is 52.7 Å². The van der Waals surface area contributed by atoms with E-state index >= 15 is 0 Å². The second kappa shape index (κ2) is 13.0. The van der Waals surface area contributed by atoms with Gasteiger partial charge in [-0.1, -0.05) is 65.8 Å². The van der Waals surface area contributed by atoms with Gasteiger partial charge in [0.15, 0.2) is 6.61 Å². The molecule has 0 aromatic heterocycles. The number of esters is 1. The molecule has 0 radical (unpaired) electrons. The summed E-state index contributed by atoms with van der Waals surface area (Å²) in [6.45, 7) is 11.9. The molecule has 240 valence electrons. The third-order valence-corrected chi connectivity index (χ3v) is 6.72. The Morgan fingerprint density at radius 2 is 1.20 bits per heavy atom. The fraction of sp³-hybridized carbons (Fsp3) is 0.741. The van der Waals surface area contributed by atoms with Gasteiger partial charge in [0, 0.05) is 0 Å². The van der Waals surface area contributed by atoms with E-state index in [2.05, 4.69) is 63.6 Å². The highest BCUT2D eigenvalue weighted by Crippen LogP contribution is 2.58. The average Bonchev–Trinajstić information content (AvgIpc) is 2.86. The van der Waals surface area contributed by atoms with Gasteiger partial charge in [-0.05, 0) is 49.1 Å². The molecule has 0 fully saturated rings. The van der Waals surface area contributed by atoms with Gasteiger partial charge in [0.25, 0.3) is 0 Å². The Morgan fingerprint density at radius 1 is 0.756 bits per heavy atom. The molecule has 1 atom stereocenters. The second-order valence-corrected chi connectivity index (χ2v) is 11.3. The van der Waals surface area contributed by atoms with Gasteiger partial charge < -0.3 is 4.74 Å². The Labute approximate surface area is 231 Å². The first kappa shape index (κ1) is 38.9. The van der Waals surface area contributed by atoms with E-state index in [9.17, 15) is 57.5 Å². The molecule has 0 spiro atoms. The highest BCUT2D eigenvalue weighted by Gasteiger charge is 2.87. The molecule has 1 aromatic carbocycles. The van der Waals surface area contributed by atoms with Gasteiger partial charge in [0.1, 0.15) is 0 Å². The monoisotopic (exact) mass is 620 g/mol. The number of hydrogen-bond acceptors (Lipinski definition) is 2. The van der Waals surface area contributed by atoms with Crippen LogP contribution in [-0.4, -0.2) is 48.6 Å². The minimum atomic E-state index is -7.63. The zero-order valence-electron chi connectivity index (χ0n) is 23.9. The van der Waals surface area contributed by atoms with Gasteiger partial charge in [-0.25, -0.2) is 8.78 Å². The van der Waals surface area contributed by atoms with Gasteiger partial charge in [0.2, 0.25) is 0 Å². The van der Waals surface area contributed by atoms with Crippen molar-refractivity contribution in [3.05, 3.63) is 35.4 Å². The Balaban J connectivity index is 0.000000950. The van der Waals surface area contributed by atoms with Gasteiger partial charge in [0.05, 0.1) is 5.41 Å². The maximum absolute atomic E-state index is 13.4. The van der Waals surface area contributed by atoms with E-state index in [1.54, 1.807) is 0 Å². The summed E-state index contributed by atoms with van der Waals surface area (Å²) in [6.07, 6.45) is -4.44. The standard InChI is InChI=1S/C14H22.C13H14F12O2/c1-6-11(2)12-7-9-13(10-8-12)14(3,4)5;1-4-8(2,3)7(26)27-5-9(16,17)11(20,21)13(24,25)12(22,23)10(18,19)6(14)15/h7-11H,6H2,1-5H3;6H,4-5H2,1-3H3. The fourth-order valence-corrected chi connectivity index (χ4v) is 2.91. The topological polar surface area (TPSA) is 26.3 Å². The first-order chi connectivity index (χ1) is 18.1. The SMILES string of the molecule is CCC(C)(C)C(=O)OCC(F)(F)C(F)(F)C(F)(F)C(F)(F)C(F)(F)C(F)F.CCC(C)c1ccc(C(C)(C)C)cc1. The van der Waals surface area contributed by atoms with Crippen molar-refractivity contribution in [2.24, 2.45) is 5.41 Å². The minimum Gasteiger partial charge on any atom is -0.459 e. The Bertz CT molecular complexity index is 981. The summed E-state index contributed by atoms with van der Waals surface area (Å²) < 4.78 is 159. The first-order valence-corrected chi connectivity index (χ1v) is 12.5. The van der Waals surface area contributed by atoms with Gasteiger partial charge in [-0.3, -0.25) is 4.79 Å². The third-order valence-electron chi connectivity index (χ3n) is 6.72. The van der Waals surface area contributed by atoms with Crippen LogP contribution in [0.2, 0.25) is 0 Å². The molecule has 41 heavy (non-hydrogen) atoms. The fourth-order valence-electron chi connectivity index (χ4n) is 2.91. The molecule has 2 nitrogen and oxygen atoms in total. The molecule has 0 aliphatic carbocycles. The molecule has 0 aliphatic heterocycles. The lowest BCUT2D eigenvalue weighted by Crippen LogP contribution is -2.69. The van der Waals surface area contributed by atoms with Crippen molar-refractivity contribution in [1.29, 1.82) is 0 Å². The summed E-state index contributed by atoms with van der Waals surface area (Å²) in [7, 11) is 0. The maximum atomic E-state index is 13.4. The van der Waals surface area contributed by atoms with Crippen molar-refractivity contribution < 1.29 is 62.2 Å². The van der Waals surface area contributed by atoms with E-state index < -0.39 is 54.0 Å². The quantitative estimate of drug-likeness (QED) is 0.182. The lowest BCUT2D eigenvalue weighted by Gasteiger charge is -2.39. The van der Waals surface area contributed by atoms with Crippen molar-refractivity contribution in [3.8, 4) is 0 Å². The van der Waals surface area contributed by atoms with E-state index in [0.29, 0.717) is 5.92 Å². The van der Waals surface area contributed by atoms with E-state index in [1.807, 2.05) is 0 Å². The highest BCUT2D eigenvalue weighted by atomic mass is 19.4. The second-order valence-electron chi connectivity index (χ2n) is 11.3. The smallest absolute Gasteiger partial charge is 0.384 e. The number of hydrogen-bond donors (Lipinski definition) is 0. The summed E-state index contributed by atoms with van der Waals surface area (Å²) in [5, 5.41) is 0. The van der Waals surface area contributed by atoms with Crippen molar-refractivity contribution in [1.82, 2.24) is 0 Å². The van der Waals surface area contributed by atoms with Crippen LogP contribution in [0.5, 0.6) is 0 Å². The van der Waals surface area contributed by atoms with Crippen LogP contribution >= 0.6 is 0 Å². The highest BCUT2D eigenvalue weighted by molar-refractivity contribution is 5.75. The number of ether oxygens (including phenoxy) is 1. The number of halogens is 12. The first-order valence-electron chi connectivity index (χ1n) is 12.5. The van der Waals surface area contributed by atoms with Crippen LogP contribution in [0.3, 0.4) is 0 Å². The summed E-state index contributed by atoms with van der Waals surface area (Å²) in [5.41, 5.74) is 1.60. The van der Waals surface area contributed by atoms with Crippen molar-refractivity contribution in [2.75, 3.05) is 6.61 Å². The lowest BCUT2D eigenvalue weighted by atomic mass is 9.85. The Kier molecular flexibility index (Phi) is 12.3. The van der Waals surface area contributed by atoms with Gasteiger partial charge in [-0.15, -0.1) is 0 Å². The normalized spacial score (nSPS) is 14.9. The number of alkyl halides is 12. The van der Waals surface area contributed by atoms with Crippen molar-refractivity contribution in [2.45, 2.75) is 116 Å². The third kappa shape index (κ3) is 8.24. The van der Waals surface area contributed by atoms with Crippen LogP contribution in [-0.2, 0) is 14.9 Å². The lowest BCUT2D eigenvalue weighted by molar-refractivity contribution is -0.414. The number of carbonyl (C=O) groups excluding carboxylic acids is 1. The zero-order chi connectivity index (χ0) is 33.0. The number of rotatable bonds is 11. The molecule has 0 heterocycles. The largest absolute Gasteiger partial charge is 0.459 e. The molecule has 0 saturated heterocycles. The summed E-state index contributed by atoms with van der Waals surface area (Å²) in [4.78, 5) is 11.4. The zero-order valence-corrected chi connectivity index (χ0v) is 23.9. The number of carbonyl (C=O) groups is 1. The van der Waals surface area contributed by atoms with E-state index in [0.717, 1.165) is 13.8 Å². The van der Waals surface area contributed by atoms with Gasteiger partial charge in [-0.2, -0.15) is 43.9 Å². The van der Waals surface area contributed by atoms with Crippen molar-refractivity contribution >= 4 is 5.97 Å². The molecule has 14 heteroatoms. The molecule has 0 bridgehead atoms. The summed E-state index contributed by atoms with van der Waals surface area (Å²) >= 11 is 0.